The molecule has 21 heavy (non-hydrogen) atoms. The Labute approximate surface area is 124 Å². The number of nitro groups is 1. The first-order valence-electron chi connectivity index (χ1n) is 6.46. The fourth-order valence-corrected chi connectivity index (χ4v) is 2.78. The second kappa shape index (κ2) is 6.34. The zero-order valence-corrected chi connectivity index (χ0v) is 11.7. The second-order valence-electron chi connectivity index (χ2n) is 4.96. The zero-order valence-electron chi connectivity index (χ0n) is 10.9. The van der Waals surface area contributed by atoms with E-state index in [-0.39, 0.29) is 17.8 Å². The van der Waals surface area contributed by atoms with E-state index in [1.165, 1.54) is 0 Å². The first-order chi connectivity index (χ1) is 9.90. The smallest absolute Gasteiger partial charge is 0.308 e. The molecule has 0 radical (unpaired) electrons. The van der Waals surface area contributed by atoms with E-state index in [1.54, 1.807) is 0 Å². The van der Waals surface area contributed by atoms with Crippen molar-refractivity contribution in [2.45, 2.75) is 24.6 Å². The van der Waals surface area contributed by atoms with Crippen LogP contribution < -0.4 is 5.32 Å². The summed E-state index contributed by atoms with van der Waals surface area (Å²) in [6.07, 6.45) is 2.65. The summed E-state index contributed by atoms with van der Waals surface area (Å²) in [7, 11) is 0. The van der Waals surface area contributed by atoms with Gasteiger partial charge in [-0.05, 0) is 24.8 Å². The molecule has 1 saturated carbocycles. The molecule has 0 aliphatic heterocycles. The number of carbonyl (C=O) groups is 1. The molecule has 5 nitrogen and oxygen atoms in total. The van der Waals surface area contributed by atoms with Gasteiger partial charge >= 0.3 is 5.69 Å². The van der Waals surface area contributed by atoms with Gasteiger partial charge in [-0.15, -0.1) is 11.6 Å². The van der Waals surface area contributed by atoms with Gasteiger partial charge in [0.1, 0.15) is 5.82 Å². The Hall–Kier alpha value is -1.76. The van der Waals surface area contributed by atoms with E-state index in [9.17, 15) is 23.7 Å². The molecule has 8 heteroatoms. The fraction of sp³-hybridized carbons (Fsp3) is 0.462. The zero-order chi connectivity index (χ0) is 15.6. The molecule has 2 rings (SSSR count). The molecule has 1 aliphatic carbocycles. The van der Waals surface area contributed by atoms with Gasteiger partial charge in [0.05, 0.1) is 16.6 Å². The number of benzene rings is 1. The highest BCUT2D eigenvalue weighted by molar-refractivity contribution is 6.21. The summed E-state index contributed by atoms with van der Waals surface area (Å²) in [5, 5.41) is 13.0. The monoisotopic (exact) mass is 318 g/mol. The summed E-state index contributed by atoms with van der Waals surface area (Å²) < 4.78 is 27.1. The summed E-state index contributed by atoms with van der Waals surface area (Å²) in [5.74, 6) is -3.19. The van der Waals surface area contributed by atoms with Gasteiger partial charge in [0.2, 0.25) is 5.82 Å². The summed E-state index contributed by atoms with van der Waals surface area (Å²) in [6, 6.07) is 1.09. The Bertz CT molecular complexity index is 583. The third kappa shape index (κ3) is 3.47. The molecule has 1 fully saturated rings. The highest BCUT2D eigenvalue weighted by Crippen LogP contribution is 2.29. The van der Waals surface area contributed by atoms with Crippen molar-refractivity contribution in [3.63, 3.8) is 0 Å². The van der Waals surface area contributed by atoms with E-state index in [1.807, 2.05) is 0 Å². The van der Waals surface area contributed by atoms with Gasteiger partial charge in [0.25, 0.3) is 5.91 Å². The van der Waals surface area contributed by atoms with Gasteiger partial charge < -0.3 is 5.32 Å². The number of hydrogen-bond donors (Lipinski definition) is 1. The van der Waals surface area contributed by atoms with Crippen LogP contribution in [0.5, 0.6) is 0 Å². The van der Waals surface area contributed by atoms with Crippen LogP contribution in [0, 0.1) is 27.7 Å². The van der Waals surface area contributed by atoms with Crippen molar-refractivity contribution >= 4 is 23.2 Å². The van der Waals surface area contributed by atoms with Crippen LogP contribution in [-0.2, 0) is 0 Å². The molecule has 1 amide bonds. The lowest BCUT2D eigenvalue weighted by molar-refractivity contribution is -0.387. The highest BCUT2D eigenvalue weighted by Gasteiger charge is 2.28. The topological polar surface area (TPSA) is 72.2 Å². The minimum atomic E-state index is -1.34. The molecule has 2 atom stereocenters. The maximum atomic E-state index is 13.8. The average Bonchev–Trinajstić information content (AvgIpc) is 2.83. The van der Waals surface area contributed by atoms with E-state index in [0.717, 1.165) is 19.3 Å². The maximum Gasteiger partial charge on any atom is 0.308 e. The van der Waals surface area contributed by atoms with Crippen LogP contribution in [0.15, 0.2) is 12.1 Å². The molecular weight excluding hydrogens is 306 g/mol. The standard InChI is InChI=1S/C13H13ClF2N2O3/c14-10-3-1-2-7(10)6-17-13(19)9-4-8(15)5-11(12(9)16)18(20)21/h4-5,7,10H,1-3,6H2,(H,17,19). The first-order valence-corrected chi connectivity index (χ1v) is 6.89. The predicted octanol–water partition coefficient (Wildman–Crippen LogP) is 3.01. The Morgan fingerprint density at radius 1 is 1.43 bits per heavy atom. The Balaban J connectivity index is 2.13. The molecule has 0 saturated heterocycles. The predicted molar refractivity (Wildman–Crippen MR) is 72.3 cm³/mol. The lowest BCUT2D eigenvalue weighted by Gasteiger charge is -2.14. The minimum absolute atomic E-state index is 0.0583. The number of nitrogens with one attached hydrogen (secondary N) is 1. The molecule has 0 heterocycles. The van der Waals surface area contributed by atoms with Crippen LogP contribution >= 0.6 is 11.6 Å². The molecule has 0 bridgehead atoms. The van der Waals surface area contributed by atoms with Crippen molar-refractivity contribution in [1.29, 1.82) is 0 Å². The van der Waals surface area contributed by atoms with Gasteiger partial charge in [-0.2, -0.15) is 4.39 Å². The summed E-state index contributed by atoms with van der Waals surface area (Å²) in [6.45, 7) is 0.233. The number of amides is 1. The number of nitrogens with zero attached hydrogens (tertiary/aromatic N) is 1. The Morgan fingerprint density at radius 3 is 2.71 bits per heavy atom. The third-order valence-corrected chi connectivity index (χ3v) is 4.13. The van der Waals surface area contributed by atoms with Gasteiger partial charge in [-0.25, -0.2) is 4.39 Å². The number of alkyl halides is 1. The van der Waals surface area contributed by atoms with E-state index in [0.29, 0.717) is 12.1 Å². The summed E-state index contributed by atoms with van der Waals surface area (Å²) in [5.41, 5.74) is -1.73. The average molecular weight is 319 g/mol. The lowest BCUT2D eigenvalue weighted by atomic mass is 10.1. The highest BCUT2D eigenvalue weighted by atomic mass is 35.5. The number of halogens is 3. The molecule has 1 aliphatic rings. The minimum Gasteiger partial charge on any atom is -0.352 e. The van der Waals surface area contributed by atoms with Crippen LogP contribution in [0.1, 0.15) is 29.6 Å². The molecule has 0 spiro atoms. The van der Waals surface area contributed by atoms with Gasteiger partial charge in [0.15, 0.2) is 0 Å². The molecule has 2 unspecified atom stereocenters. The number of hydrogen-bond acceptors (Lipinski definition) is 3. The van der Waals surface area contributed by atoms with Crippen molar-refractivity contribution < 1.29 is 18.5 Å². The van der Waals surface area contributed by atoms with Crippen LogP contribution in [0.3, 0.4) is 0 Å². The molecular formula is C13H13ClF2N2O3. The lowest BCUT2D eigenvalue weighted by Crippen LogP contribution is -2.31. The summed E-state index contributed by atoms with van der Waals surface area (Å²) >= 11 is 6.06. The molecule has 114 valence electrons. The fourth-order valence-electron chi connectivity index (χ4n) is 2.41. The third-order valence-electron chi connectivity index (χ3n) is 3.55. The Kier molecular flexibility index (Phi) is 4.72. The largest absolute Gasteiger partial charge is 0.352 e. The van der Waals surface area contributed by atoms with E-state index in [4.69, 9.17) is 11.6 Å². The van der Waals surface area contributed by atoms with E-state index < -0.39 is 33.7 Å². The second-order valence-corrected chi connectivity index (χ2v) is 5.52. The first kappa shape index (κ1) is 15.6. The van der Waals surface area contributed by atoms with Crippen molar-refractivity contribution in [1.82, 2.24) is 5.32 Å². The van der Waals surface area contributed by atoms with Gasteiger partial charge in [-0.3, -0.25) is 14.9 Å². The number of nitro benzene ring substituents is 1. The quantitative estimate of drug-likeness (QED) is 0.527. The van der Waals surface area contributed by atoms with Gasteiger partial charge in [-0.1, -0.05) is 6.42 Å². The van der Waals surface area contributed by atoms with Gasteiger partial charge in [0, 0.05) is 11.9 Å². The SMILES string of the molecule is O=C(NCC1CCCC1Cl)c1cc(F)cc([N+](=O)[O-])c1F. The van der Waals surface area contributed by atoms with E-state index in [2.05, 4.69) is 5.32 Å². The Morgan fingerprint density at radius 2 is 2.14 bits per heavy atom. The maximum absolute atomic E-state index is 13.8. The number of rotatable bonds is 4. The van der Waals surface area contributed by atoms with Crippen LogP contribution in [0.2, 0.25) is 0 Å². The normalized spacial score (nSPS) is 21.3. The molecule has 1 aromatic rings. The van der Waals surface area contributed by atoms with Crippen molar-refractivity contribution in [3.8, 4) is 0 Å². The van der Waals surface area contributed by atoms with Crippen LogP contribution in [0.25, 0.3) is 0 Å². The number of carbonyl (C=O) groups excluding carboxylic acids is 1. The molecule has 1 aromatic carbocycles. The van der Waals surface area contributed by atoms with Crippen molar-refractivity contribution in [2.24, 2.45) is 5.92 Å². The van der Waals surface area contributed by atoms with Crippen molar-refractivity contribution in [3.05, 3.63) is 39.4 Å². The van der Waals surface area contributed by atoms with E-state index >= 15 is 0 Å². The molecule has 1 N–H and O–H groups in total. The molecule has 0 aromatic heterocycles. The van der Waals surface area contributed by atoms with Crippen LogP contribution in [-0.4, -0.2) is 22.8 Å². The van der Waals surface area contributed by atoms with Crippen LogP contribution in [0.4, 0.5) is 14.5 Å². The van der Waals surface area contributed by atoms with Crippen molar-refractivity contribution in [2.75, 3.05) is 6.54 Å². The summed E-state index contributed by atoms with van der Waals surface area (Å²) in [4.78, 5) is 21.4.